The number of rotatable bonds is 5. The van der Waals surface area contributed by atoms with Crippen molar-refractivity contribution in [3.8, 4) is 11.3 Å². The maximum Gasteiger partial charge on any atom is 0.223 e. The van der Waals surface area contributed by atoms with Crippen molar-refractivity contribution < 1.29 is 18.0 Å². The van der Waals surface area contributed by atoms with Gasteiger partial charge in [0.25, 0.3) is 0 Å². The molecule has 2 aliphatic rings. The zero-order chi connectivity index (χ0) is 19.0. The highest BCUT2D eigenvalue weighted by molar-refractivity contribution is 5.76. The van der Waals surface area contributed by atoms with E-state index in [1.165, 1.54) is 31.2 Å². The molecule has 2 unspecified atom stereocenters. The van der Waals surface area contributed by atoms with Crippen LogP contribution < -0.4 is 5.32 Å². The number of carbonyl (C=O) groups excluding carboxylic acids is 1. The molecule has 27 heavy (non-hydrogen) atoms. The Balaban J connectivity index is 1.35. The molecule has 2 bridgehead atoms. The van der Waals surface area contributed by atoms with Crippen LogP contribution in [-0.2, 0) is 11.2 Å². The lowest BCUT2D eigenvalue weighted by Crippen LogP contribution is -2.48. The number of nitrogens with zero attached hydrogens (tertiary/aromatic N) is 2. The molecule has 4 rings (SSSR count). The lowest BCUT2D eigenvalue weighted by molar-refractivity contribution is -0.132. The fourth-order valence-electron chi connectivity index (χ4n) is 4.18. The van der Waals surface area contributed by atoms with Crippen LogP contribution in [0.5, 0.6) is 0 Å². The predicted molar refractivity (Wildman–Crippen MR) is 95.9 cm³/mol. The molecule has 2 aliphatic heterocycles. The number of fused-ring (bicyclic) bond motifs is 2. The number of oxazole rings is 1. The van der Waals surface area contributed by atoms with Crippen molar-refractivity contribution in [3.05, 3.63) is 41.9 Å². The summed E-state index contributed by atoms with van der Waals surface area (Å²) in [6.45, 7) is 0. The van der Waals surface area contributed by atoms with Crippen LogP contribution in [0.1, 0.15) is 38.0 Å². The first kappa shape index (κ1) is 18.1. The molecule has 2 aromatic rings. The highest BCUT2D eigenvalue weighted by atomic mass is 19.1. The van der Waals surface area contributed by atoms with Crippen LogP contribution in [0.3, 0.4) is 0 Å². The molecular weight excluding hydrogens is 352 g/mol. The molecule has 1 amide bonds. The van der Waals surface area contributed by atoms with Gasteiger partial charge in [-0.05, 0) is 37.8 Å². The monoisotopic (exact) mass is 375 g/mol. The molecule has 5 nitrogen and oxygen atoms in total. The standard InChI is InChI=1S/C20H23F2N3O2/c1-25(15-9-13-3-4-14(10-15)24-13)20(26)7-6-19-23-11-18(27-19)16-5-2-12(21)8-17(16)22/h2,5,8,11,13-15,24H,3-4,6-7,9-10H2,1H3. The number of aromatic nitrogens is 1. The van der Waals surface area contributed by atoms with E-state index in [-0.39, 0.29) is 23.3 Å². The normalized spacial score (nSPS) is 24.2. The lowest BCUT2D eigenvalue weighted by atomic mass is 9.98. The van der Waals surface area contributed by atoms with Gasteiger partial charge < -0.3 is 14.6 Å². The van der Waals surface area contributed by atoms with E-state index in [0.29, 0.717) is 30.8 Å². The summed E-state index contributed by atoms with van der Waals surface area (Å²) in [6.07, 6.45) is 6.46. The molecule has 7 heteroatoms. The summed E-state index contributed by atoms with van der Waals surface area (Å²) >= 11 is 0. The van der Waals surface area contributed by atoms with Crippen LogP contribution in [0.2, 0.25) is 0 Å². The molecule has 0 saturated carbocycles. The van der Waals surface area contributed by atoms with E-state index in [2.05, 4.69) is 10.3 Å². The van der Waals surface area contributed by atoms with Gasteiger partial charge in [-0.1, -0.05) is 0 Å². The number of hydrogen-bond donors (Lipinski definition) is 1. The Hall–Kier alpha value is -2.28. The van der Waals surface area contributed by atoms with Crippen molar-refractivity contribution in [2.75, 3.05) is 7.05 Å². The third-order valence-corrected chi connectivity index (χ3v) is 5.69. The fourth-order valence-corrected chi connectivity index (χ4v) is 4.18. The molecule has 3 heterocycles. The second kappa shape index (κ2) is 7.38. The van der Waals surface area contributed by atoms with Crippen LogP contribution in [-0.4, -0.2) is 41.0 Å². The minimum atomic E-state index is -0.700. The van der Waals surface area contributed by atoms with Gasteiger partial charge in [0.2, 0.25) is 5.91 Å². The number of carbonyl (C=O) groups is 1. The van der Waals surface area contributed by atoms with Gasteiger partial charge in [-0.2, -0.15) is 0 Å². The van der Waals surface area contributed by atoms with E-state index in [4.69, 9.17) is 4.42 Å². The van der Waals surface area contributed by atoms with E-state index in [1.807, 2.05) is 11.9 Å². The van der Waals surface area contributed by atoms with Crippen LogP contribution in [0.15, 0.2) is 28.8 Å². The highest BCUT2D eigenvalue weighted by Gasteiger charge is 2.36. The Morgan fingerprint density at radius 3 is 2.74 bits per heavy atom. The minimum absolute atomic E-state index is 0.0639. The molecule has 1 aromatic heterocycles. The van der Waals surface area contributed by atoms with Crippen LogP contribution in [0.25, 0.3) is 11.3 Å². The molecule has 2 atom stereocenters. The van der Waals surface area contributed by atoms with E-state index >= 15 is 0 Å². The molecular formula is C20H23F2N3O2. The summed E-state index contributed by atoms with van der Waals surface area (Å²) in [7, 11) is 1.87. The van der Waals surface area contributed by atoms with Crippen molar-refractivity contribution in [2.45, 2.75) is 56.7 Å². The zero-order valence-corrected chi connectivity index (χ0v) is 15.3. The minimum Gasteiger partial charge on any atom is -0.441 e. The van der Waals surface area contributed by atoms with Crippen molar-refractivity contribution in [1.29, 1.82) is 0 Å². The van der Waals surface area contributed by atoms with Gasteiger partial charge in [-0.25, -0.2) is 13.8 Å². The van der Waals surface area contributed by atoms with Crippen molar-refractivity contribution in [2.24, 2.45) is 0 Å². The Labute approximate surface area is 156 Å². The maximum absolute atomic E-state index is 13.8. The fraction of sp³-hybridized carbons (Fsp3) is 0.500. The molecule has 1 N–H and O–H groups in total. The van der Waals surface area contributed by atoms with Crippen molar-refractivity contribution in [3.63, 3.8) is 0 Å². The molecule has 2 saturated heterocycles. The van der Waals surface area contributed by atoms with Gasteiger partial charge in [0, 0.05) is 44.1 Å². The van der Waals surface area contributed by atoms with E-state index < -0.39 is 11.6 Å². The Morgan fingerprint density at radius 1 is 1.30 bits per heavy atom. The molecule has 1 aromatic carbocycles. The Bertz CT molecular complexity index is 826. The van der Waals surface area contributed by atoms with Crippen molar-refractivity contribution >= 4 is 5.91 Å². The summed E-state index contributed by atoms with van der Waals surface area (Å²) in [4.78, 5) is 18.5. The molecule has 0 radical (unpaired) electrons. The van der Waals surface area contributed by atoms with Gasteiger partial charge in [-0.3, -0.25) is 4.79 Å². The third kappa shape index (κ3) is 3.88. The first-order valence-electron chi connectivity index (χ1n) is 9.41. The van der Waals surface area contributed by atoms with Gasteiger partial charge in [-0.15, -0.1) is 0 Å². The first-order chi connectivity index (χ1) is 13.0. The zero-order valence-electron chi connectivity index (χ0n) is 15.3. The number of benzene rings is 1. The topological polar surface area (TPSA) is 58.4 Å². The second-order valence-electron chi connectivity index (χ2n) is 7.51. The largest absolute Gasteiger partial charge is 0.441 e. The van der Waals surface area contributed by atoms with Crippen molar-refractivity contribution in [1.82, 2.24) is 15.2 Å². The number of amides is 1. The van der Waals surface area contributed by atoms with E-state index in [9.17, 15) is 13.6 Å². The van der Waals surface area contributed by atoms with Crippen LogP contribution in [0, 0.1) is 11.6 Å². The second-order valence-corrected chi connectivity index (χ2v) is 7.51. The molecule has 144 valence electrons. The number of nitrogens with one attached hydrogen (secondary N) is 1. The molecule has 0 aliphatic carbocycles. The van der Waals surface area contributed by atoms with Gasteiger partial charge >= 0.3 is 0 Å². The summed E-state index contributed by atoms with van der Waals surface area (Å²) in [5.41, 5.74) is 0.156. The Kier molecular flexibility index (Phi) is 4.95. The summed E-state index contributed by atoms with van der Waals surface area (Å²) < 4.78 is 32.4. The number of hydrogen-bond acceptors (Lipinski definition) is 4. The van der Waals surface area contributed by atoms with Gasteiger partial charge in [0.1, 0.15) is 11.6 Å². The molecule has 0 spiro atoms. The summed E-state index contributed by atoms with van der Waals surface area (Å²) in [5.74, 6) is -0.668. The Morgan fingerprint density at radius 2 is 2.04 bits per heavy atom. The van der Waals surface area contributed by atoms with Crippen LogP contribution >= 0.6 is 0 Å². The van der Waals surface area contributed by atoms with Gasteiger partial charge in [0.15, 0.2) is 11.7 Å². The number of aryl methyl sites for hydroxylation is 1. The van der Waals surface area contributed by atoms with Crippen LogP contribution in [0.4, 0.5) is 8.78 Å². The van der Waals surface area contributed by atoms with E-state index in [1.54, 1.807) is 0 Å². The highest BCUT2D eigenvalue weighted by Crippen LogP contribution is 2.30. The maximum atomic E-state index is 13.8. The first-order valence-corrected chi connectivity index (χ1v) is 9.41. The number of halogens is 2. The van der Waals surface area contributed by atoms with E-state index in [0.717, 1.165) is 18.9 Å². The predicted octanol–water partition coefficient (Wildman–Crippen LogP) is 3.29. The average molecular weight is 375 g/mol. The third-order valence-electron chi connectivity index (χ3n) is 5.69. The lowest BCUT2D eigenvalue weighted by Gasteiger charge is -2.35. The SMILES string of the molecule is CN(C(=O)CCc1ncc(-c2ccc(F)cc2F)o1)C1CC2CCC(C1)N2. The quantitative estimate of drug-likeness (QED) is 0.871. The summed E-state index contributed by atoms with van der Waals surface area (Å²) in [5, 5.41) is 3.58. The summed E-state index contributed by atoms with van der Waals surface area (Å²) in [6, 6.07) is 4.64. The molecule has 2 fully saturated rings. The van der Waals surface area contributed by atoms with Gasteiger partial charge in [0.05, 0.1) is 11.8 Å². The number of piperidine rings is 1. The average Bonchev–Trinajstić information content (AvgIpc) is 3.25. The smallest absolute Gasteiger partial charge is 0.223 e.